The van der Waals surface area contributed by atoms with Gasteiger partial charge in [-0.1, -0.05) is 4.62 Å². The van der Waals surface area contributed by atoms with Gasteiger partial charge in [0, 0.05) is 55.4 Å². The molecule has 0 radical (unpaired) electrons. The molecule has 6 heteroatoms. The van der Waals surface area contributed by atoms with E-state index >= 15 is 0 Å². The number of rotatable bonds is 5. The zero-order valence-corrected chi connectivity index (χ0v) is 12.4. The summed E-state index contributed by atoms with van der Waals surface area (Å²) in [5.74, 6) is 0. The van der Waals surface area contributed by atoms with Crippen molar-refractivity contribution < 1.29 is 4.62 Å². The van der Waals surface area contributed by atoms with Crippen LogP contribution in [0.2, 0.25) is 0 Å². The number of nitrogens with zero attached hydrogens (tertiary/aromatic N) is 4. The van der Waals surface area contributed by atoms with Crippen LogP contribution in [0.5, 0.6) is 0 Å². The highest BCUT2D eigenvalue weighted by atomic mass is 31.2. The van der Waals surface area contributed by atoms with E-state index < -0.39 is 7.94 Å². The summed E-state index contributed by atoms with van der Waals surface area (Å²) in [5.41, 5.74) is 0. The summed E-state index contributed by atoms with van der Waals surface area (Å²) in [5, 5.41) is 2.12. The van der Waals surface area contributed by atoms with Crippen molar-refractivity contribution in [1.82, 2.24) is 19.1 Å². The molecule has 1 rings (SSSR count). The van der Waals surface area contributed by atoms with Crippen molar-refractivity contribution in [3.8, 4) is 0 Å². The molecular weight excluding hydrogens is 223 g/mol. The Morgan fingerprint density at radius 3 is 1.50 bits per heavy atom. The highest BCUT2D eigenvalue weighted by Crippen LogP contribution is 2.65. The Labute approximate surface area is 100 Å². The first kappa shape index (κ1) is 14.3. The van der Waals surface area contributed by atoms with Gasteiger partial charge >= 0.3 is 7.94 Å². The van der Waals surface area contributed by atoms with Crippen molar-refractivity contribution in [3.05, 3.63) is 0 Å². The van der Waals surface area contributed by atoms with Gasteiger partial charge in [-0.15, -0.1) is 19.1 Å². The lowest BCUT2D eigenvalue weighted by Gasteiger charge is -2.38. The maximum absolute atomic E-state index is 6.31. The van der Waals surface area contributed by atoms with E-state index in [2.05, 4.69) is 61.4 Å². The van der Waals surface area contributed by atoms with E-state index in [0.29, 0.717) is 0 Å². The fourth-order valence-electron chi connectivity index (χ4n) is 2.22. The Morgan fingerprint density at radius 2 is 1.19 bits per heavy atom. The first-order chi connectivity index (χ1) is 7.41. The molecule has 96 valence electrons. The lowest BCUT2D eigenvalue weighted by Crippen LogP contribution is -2.40. The molecule has 0 aromatic carbocycles. The van der Waals surface area contributed by atoms with E-state index in [4.69, 9.17) is 4.62 Å². The van der Waals surface area contributed by atoms with E-state index in [1.165, 1.54) is 12.8 Å². The van der Waals surface area contributed by atoms with E-state index in [-0.39, 0.29) is 0 Å². The van der Waals surface area contributed by atoms with Crippen molar-refractivity contribution in [1.29, 1.82) is 0 Å². The van der Waals surface area contributed by atoms with Gasteiger partial charge < -0.3 is 0 Å². The largest absolute Gasteiger partial charge is 0.393 e. The third-order valence-corrected chi connectivity index (χ3v) is 6.43. The van der Waals surface area contributed by atoms with Crippen molar-refractivity contribution in [2.45, 2.75) is 12.8 Å². The fourth-order valence-corrected chi connectivity index (χ4v) is 5.28. The van der Waals surface area contributed by atoms with Gasteiger partial charge in [-0.2, -0.15) is 0 Å². The summed E-state index contributed by atoms with van der Waals surface area (Å²) < 4.78 is 12.9. The topological polar surface area (TPSA) is 22.2 Å². The fraction of sp³-hybridized carbons (Fsp3) is 1.00. The summed E-state index contributed by atoms with van der Waals surface area (Å²) in [4.78, 5) is 0. The summed E-state index contributed by atoms with van der Waals surface area (Å²) in [7, 11) is 10.7. The normalized spacial score (nSPS) is 19.3. The first-order valence-corrected chi connectivity index (χ1v) is 7.35. The van der Waals surface area contributed by atoms with Crippen molar-refractivity contribution >= 4 is 7.94 Å². The van der Waals surface area contributed by atoms with Gasteiger partial charge in [-0.25, -0.2) is 0 Å². The van der Waals surface area contributed by atoms with Crippen LogP contribution in [0.3, 0.4) is 0 Å². The number of hydroxylamine groups is 2. The Kier molecular flexibility index (Phi) is 5.10. The maximum Gasteiger partial charge on any atom is 0.393 e. The van der Waals surface area contributed by atoms with Crippen LogP contribution in [0.4, 0.5) is 0 Å². The van der Waals surface area contributed by atoms with Crippen LogP contribution in [-0.4, -0.2) is 74.5 Å². The minimum atomic E-state index is -1.84. The lowest BCUT2D eigenvalue weighted by atomic mass is 10.4. The average Bonchev–Trinajstić information content (AvgIpc) is 2.64. The third kappa shape index (κ3) is 2.73. The maximum atomic E-state index is 6.31. The van der Waals surface area contributed by atoms with E-state index in [0.717, 1.165) is 13.1 Å². The van der Waals surface area contributed by atoms with Crippen molar-refractivity contribution in [2.75, 3.05) is 55.4 Å². The zero-order valence-electron chi connectivity index (χ0n) is 11.5. The van der Waals surface area contributed by atoms with E-state index in [1.54, 1.807) is 0 Å². The molecule has 1 heterocycles. The second kappa shape index (κ2) is 5.71. The molecular formula is C10H26N4OP+. The van der Waals surface area contributed by atoms with Crippen LogP contribution in [0.25, 0.3) is 0 Å². The third-order valence-electron chi connectivity index (χ3n) is 2.85. The molecule has 1 saturated heterocycles. The molecule has 0 aliphatic carbocycles. The van der Waals surface area contributed by atoms with Crippen LogP contribution in [0.1, 0.15) is 12.8 Å². The summed E-state index contributed by atoms with van der Waals surface area (Å²) in [6.45, 7) is 2.11. The molecule has 0 aromatic heterocycles. The van der Waals surface area contributed by atoms with Crippen LogP contribution >= 0.6 is 7.94 Å². The quantitative estimate of drug-likeness (QED) is 0.685. The number of hydrogen-bond acceptors (Lipinski definition) is 5. The minimum Gasteiger partial charge on any atom is -0.144 e. The minimum absolute atomic E-state index is 1.05. The van der Waals surface area contributed by atoms with Gasteiger partial charge in [0.05, 0.1) is 0 Å². The molecule has 0 saturated carbocycles. The molecule has 0 bridgehead atoms. The molecule has 0 unspecified atom stereocenters. The molecule has 16 heavy (non-hydrogen) atoms. The molecule has 0 N–H and O–H groups in total. The second-order valence-corrected chi connectivity index (χ2v) is 8.36. The Hall–Kier alpha value is 0.230. The zero-order chi connectivity index (χ0) is 12.3. The van der Waals surface area contributed by atoms with Gasteiger partial charge in [0.25, 0.3) is 0 Å². The molecule has 1 aliphatic heterocycles. The van der Waals surface area contributed by atoms with E-state index in [1.807, 2.05) is 0 Å². The van der Waals surface area contributed by atoms with Gasteiger partial charge in [0.15, 0.2) is 0 Å². The predicted molar refractivity (Wildman–Crippen MR) is 69.9 cm³/mol. The van der Waals surface area contributed by atoms with Crippen LogP contribution in [-0.2, 0) is 4.62 Å². The molecule has 0 spiro atoms. The summed E-state index contributed by atoms with van der Waals surface area (Å²) >= 11 is 0. The molecule has 1 fully saturated rings. The molecule has 5 nitrogen and oxygen atoms in total. The lowest BCUT2D eigenvalue weighted by molar-refractivity contribution is -0.0508. The first-order valence-electron chi connectivity index (χ1n) is 5.78. The number of hydrogen-bond donors (Lipinski definition) is 0. The van der Waals surface area contributed by atoms with Gasteiger partial charge in [0.1, 0.15) is 0 Å². The van der Waals surface area contributed by atoms with Crippen LogP contribution < -0.4 is 0 Å². The van der Waals surface area contributed by atoms with Gasteiger partial charge in [-0.05, 0) is 12.8 Å². The highest BCUT2D eigenvalue weighted by Gasteiger charge is 2.53. The standard InChI is InChI=1S/C10H26N4OP/c1-11(2)16(12(3)4,13(5)6)15-14-9-7-8-10-14/h7-10H2,1-6H3/q+1. The Bertz CT molecular complexity index is 195. The van der Waals surface area contributed by atoms with Gasteiger partial charge in [0.2, 0.25) is 0 Å². The highest BCUT2D eigenvalue weighted by molar-refractivity contribution is 7.64. The van der Waals surface area contributed by atoms with Crippen LogP contribution in [0, 0.1) is 0 Å². The smallest absolute Gasteiger partial charge is 0.144 e. The average molecular weight is 249 g/mol. The summed E-state index contributed by atoms with van der Waals surface area (Å²) in [6, 6.07) is 0. The van der Waals surface area contributed by atoms with Crippen molar-refractivity contribution in [2.24, 2.45) is 0 Å². The predicted octanol–water partition coefficient (Wildman–Crippen LogP) is 1.38. The SMILES string of the molecule is CN(C)[P+](ON1CCCC1)(N(C)C)N(C)C. The Balaban J connectivity index is 2.82. The molecule has 1 aliphatic rings. The molecule has 0 aromatic rings. The summed E-state index contributed by atoms with van der Waals surface area (Å²) in [6.07, 6.45) is 2.49. The Morgan fingerprint density at radius 1 is 0.812 bits per heavy atom. The molecule has 0 amide bonds. The van der Waals surface area contributed by atoms with E-state index in [9.17, 15) is 0 Å². The van der Waals surface area contributed by atoms with Gasteiger partial charge in [-0.3, -0.25) is 0 Å². The monoisotopic (exact) mass is 249 g/mol. The molecule has 0 atom stereocenters. The second-order valence-electron chi connectivity index (χ2n) is 4.77. The van der Waals surface area contributed by atoms with Crippen LogP contribution in [0.15, 0.2) is 0 Å². The van der Waals surface area contributed by atoms with Crippen molar-refractivity contribution in [3.63, 3.8) is 0 Å².